The lowest BCUT2D eigenvalue weighted by atomic mass is 9.97. The van der Waals surface area contributed by atoms with E-state index < -0.39 is 11.9 Å². The second-order valence-electron chi connectivity index (χ2n) is 7.25. The van der Waals surface area contributed by atoms with Crippen LogP contribution in [0.1, 0.15) is 34.0 Å². The molecule has 0 aromatic heterocycles. The van der Waals surface area contributed by atoms with Crippen LogP contribution in [0.4, 0.5) is 5.69 Å². The van der Waals surface area contributed by atoms with Gasteiger partial charge in [-0.1, -0.05) is 35.9 Å². The molecule has 0 saturated carbocycles. The minimum Gasteiger partial charge on any atom is -0.497 e. The largest absolute Gasteiger partial charge is 0.497 e. The van der Waals surface area contributed by atoms with Crippen molar-refractivity contribution in [3.05, 3.63) is 99.6 Å². The lowest BCUT2D eigenvalue weighted by Gasteiger charge is -2.11. The third kappa shape index (κ3) is 6.25. The van der Waals surface area contributed by atoms with E-state index in [0.29, 0.717) is 34.0 Å². The van der Waals surface area contributed by atoms with Gasteiger partial charge in [-0.05, 0) is 78.6 Å². The summed E-state index contributed by atoms with van der Waals surface area (Å²) in [5.74, 6) is -0.349. The van der Waals surface area contributed by atoms with Gasteiger partial charge in [-0.25, -0.2) is 4.79 Å². The number of ether oxygens (including phenoxy) is 2. The van der Waals surface area contributed by atoms with E-state index >= 15 is 0 Å². The Kier molecular flexibility index (Phi) is 8.44. The molecule has 0 aliphatic carbocycles. The summed E-state index contributed by atoms with van der Waals surface area (Å²) in [5, 5.41) is 13.0. The van der Waals surface area contributed by atoms with Crippen LogP contribution in [0.2, 0.25) is 5.02 Å². The molecule has 3 aromatic rings. The van der Waals surface area contributed by atoms with Crippen molar-refractivity contribution in [2.75, 3.05) is 19.0 Å². The van der Waals surface area contributed by atoms with Crippen LogP contribution in [0.25, 0.3) is 6.08 Å². The summed E-state index contributed by atoms with van der Waals surface area (Å²) in [4.78, 5) is 24.6. The lowest BCUT2D eigenvalue weighted by molar-refractivity contribution is -0.112. The molecule has 3 rings (SSSR count). The third-order valence-electron chi connectivity index (χ3n) is 5.01. The first kappa shape index (κ1) is 24.6. The van der Waals surface area contributed by atoms with Gasteiger partial charge in [-0.2, -0.15) is 5.26 Å². The summed E-state index contributed by atoms with van der Waals surface area (Å²) in [6, 6.07) is 21.1. The number of carbonyl (C=O) groups excluding carboxylic acids is 2. The first-order valence-electron chi connectivity index (χ1n) is 10.6. The quantitative estimate of drug-likeness (QED) is 0.258. The first-order valence-corrected chi connectivity index (χ1v) is 10.9. The Balaban J connectivity index is 1.85. The average molecular weight is 475 g/mol. The van der Waals surface area contributed by atoms with Crippen molar-refractivity contribution in [2.24, 2.45) is 0 Å². The van der Waals surface area contributed by atoms with Crippen LogP contribution in [0.5, 0.6) is 5.75 Å². The van der Waals surface area contributed by atoms with Crippen molar-refractivity contribution < 1.29 is 19.1 Å². The van der Waals surface area contributed by atoms with Crippen LogP contribution in [0.3, 0.4) is 0 Å². The van der Waals surface area contributed by atoms with Gasteiger partial charge < -0.3 is 14.8 Å². The number of nitrogens with one attached hydrogen (secondary N) is 1. The predicted molar refractivity (Wildman–Crippen MR) is 132 cm³/mol. The first-order chi connectivity index (χ1) is 16.4. The fraction of sp³-hybridized carbons (Fsp3) is 0.148. The molecule has 172 valence electrons. The van der Waals surface area contributed by atoms with Gasteiger partial charge in [-0.3, -0.25) is 4.79 Å². The molecule has 0 fully saturated rings. The summed E-state index contributed by atoms with van der Waals surface area (Å²) in [6.07, 6.45) is 2.03. The number of benzene rings is 3. The number of anilines is 1. The molecule has 1 N–H and O–H groups in total. The summed E-state index contributed by atoms with van der Waals surface area (Å²) in [6.45, 7) is 2.00. The zero-order valence-corrected chi connectivity index (χ0v) is 19.6. The summed E-state index contributed by atoms with van der Waals surface area (Å²) >= 11 is 6.33. The molecular weight excluding hydrogens is 452 g/mol. The van der Waals surface area contributed by atoms with Gasteiger partial charge in [0.1, 0.15) is 17.4 Å². The van der Waals surface area contributed by atoms with Crippen LogP contribution >= 0.6 is 11.6 Å². The van der Waals surface area contributed by atoms with E-state index in [0.717, 1.165) is 11.1 Å². The van der Waals surface area contributed by atoms with Crippen molar-refractivity contribution in [3.63, 3.8) is 0 Å². The maximum atomic E-state index is 12.8. The Labute approximate surface area is 203 Å². The van der Waals surface area contributed by atoms with E-state index in [9.17, 15) is 14.9 Å². The number of nitriles is 1. The highest BCUT2D eigenvalue weighted by Gasteiger charge is 2.13. The van der Waals surface area contributed by atoms with Gasteiger partial charge in [0.25, 0.3) is 5.91 Å². The van der Waals surface area contributed by atoms with Crippen LogP contribution < -0.4 is 10.1 Å². The van der Waals surface area contributed by atoms with Gasteiger partial charge in [0.15, 0.2) is 0 Å². The number of halogens is 1. The molecule has 0 saturated heterocycles. The highest BCUT2D eigenvalue weighted by Crippen LogP contribution is 2.26. The molecule has 0 aliphatic heterocycles. The molecule has 0 unspecified atom stereocenters. The molecule has 0 aliphatic rings. The van der Waals surface area contributed by atoms with E-state index in [4.69, 9.17) is 21.1 Å². The van der Waals surface area contributed by atoms with E-state index in [1.54, 1.807) is 50.4 Å². The molecule has 0 heterocycles. The second-order valence-corrected chi connectivity index (χ2v) is 7.66. The fourth-order valence-corrected chi connectivity index (χ4v) is 3.46. The monoisotopic (exact) mass is 474 g/mol. The van der Waals surface area contributed by atoms with Gasteiger partial charge in [0.2, 0.25) is 0 Å². The van der Waals surface area contributed by atoms with Gasteiger partial charge >= 0.3 is 5.97 Å². The Morgan fingerprint density at radius 1 is 1.06 bits per heavy atom. The van der Waals surface area contributed by atoms with Gasteiger partial charge in [0, 0.05) is 10.7 Å². The zero-order chi connectivity index (χ0) is 24.5. The summed E-state index contributed by atoms with van der Waals surface area (Å²) in [5.41, 5.74) is 3.22. The van der Waals surface area contributed by atoms with E-state index in [-0.39, 0.29) is 12.2 Å². The number of methoxy groups -OCH3 is 1. The molecule has 0 atom stereocenters. The van der Waals surface area contributed by atoms with E-state index in [1.165, 1.54) is 6.08 Å². The second kappa shape index (κ2) is 11.7. The number of carbonyl (C=O) groups is 2. The van der Waals surface area contributed by atoms with E-state index in [2.05, 4.69) is 5.32 Å². The Morgan fingerprint density at radius 3 is 2.44 bits per heavy atom. The van der Waals surface area contributed by atoms with Crippen molar-refractivity contribution in [1.29, 1.82) is 5.26 Å². The van der Waals surface area contributed by atoms with Crippen molar-refractivity contribution in [2.45, 2.75) is 13.3 Å². The molecule has 0 radical (unpaired) electrons. The minimum atomic E-state index is -0.564. The van der Waals surface area contributed by atoms with Gasteiger partial charge in [0.05, 0.1) is 19.3 Å². The fourth-order valence-electron chi connectivity index (χ4n) is 3.26. The van der Waals surface area contributed by atoms with E-state index in [1.807, 2.05) is 36.4 Å². The average Bonchev–Trinajstić information content (AvgIpc) is 2.85. The van der Waals surface area contributed by atoms with Crippen LogP contribution in [-0.2, 0) is 16.0 Å². The highest BCUT2D eigenvalue weighted by atomic mass is 35.5. The standard InChI is InChI=1S/C27H23ClN2O4/c1-3-34-27(32)18-8-11-23(12-9-18)30-26(31)22(17-29)14-19-10-13-24(33-2)16-21(19)15-20-6-4-5-7-25(20)28/h4-14,16H,3,15H2,1-2H3,(H,30,31)/b22-14+. The third-order valence-corrected chi connectivity index (χ3v) is 5.38. The van der Waals surface area contributed by atoms with Crippen molar-refractivity contribution >= 4 is 35.2 Å². The number of amides is 1. The van der Waals surface area contributed by atoms with Crippen LogP contribution in [-0.4, -0.2) is 25.6 Å². The van der Waals surface area contributed by atoms with Crippen molar-refractivity contribution in [3.8, 4) is 11.8 Å². The number of hydrogen-bond donors (Lipinski definition) is 1. The molecular formula is C27H23ClN2O4. The summed E-state index contributed by atoms with van der Waals surface area (Å²) < 4.78 is 10.3. The van der Waals surface area contributed by atoms with Crippen LogP contribution in [0, 0.1) is 11.3 Å². The number of esters is 1. The molecule has 3 aromatic carbocycles. The summed E-state index contributed by atoms with van der Waals surface area (Å²) in [7, 11) is 1.57. The minimum absolute atomic E-state index is 0.0694. The number of hydrogen-bond acceptors (Lipinski definition) is 5. The predicted octanol–water partition coefficient (Wildman–Crippen LogP) is 5.66. The Morgan fingerprint density at radius 2 is 1.79 bits per heavy atom. The number of rotatable bonds is 8. The maximum Gasteiger partial charge on any atom is 0.338 e. The Bertz CT molecular complexity index is 1260. The lowest BCUT2D eigenvalue weighted by Crippen LogP contribution is -2.14. The maximum absolute atomic E-state index is 12.8. The normalized spacial score (nSPS) is 10.8. The topological polar surface area (TPSA) is 88.4 Å². The molecule has 34 heavy (non-hydrogen) atoms. The molecule has 7 heteroatoms. The number of nitrogens with zero attached hydrogens (tertiary/aromatic N) is 1. The zero-order valence-electron chi connectivity index (χ0n) is 18.8. The van der Waals surface area contributed by atoms with Crippen molar-refractivity contribution in [1.82, 2.24) is 0 Å². The molecule has 1 amide bonds. The molecule has 0 spiro atoms. The van der Waals surface area contributed by atoms with Crippen LogP contribution in [0.15, 0.2) is 72.3 Å². The smallest absolute Gasteiger partial charge is 0.338 e. The molecule has 0 bridgehead atoms. The molecule has 6 nitrogen and oxygen atoms in total. The Hall–Kier alpha value is -4.08. The highest BCUT2D eigenvalue weighted by molar-refractivity contribution is 6.31. The van der Waals surface area contributed by atoms with Gasteiger partial charge in [-0.15, -0.1) is 0 Å². The SMILES string of the molecule is CCOC(=O)c1ccc(NC(=O)/C(C#N)=C/c2ccc(OC)cc2Cc2ccccc2Cl)cc1.